The highest BCUT2D eigenvalue weighted by molar-refractivity contribution is 6.00. The molecule has 0 saturated heterocycles. The quantitative estimate of drug-likeness (QED) is 0.594. The zero-order valence-electron chi connectivity index (χ0n) is 8.19. The molecule has 3 heterocycles. The normalized spacial score (nSPS) is 10.8. The highest BCUT2D eigenvalue weighted by Gasteiger charge is 2.14. The van der Waals surface area contributed by atoms with Crippen molar-refractivity contribution in [3.63, 3.8) is 0 Å². The van der Waals surface area contributed by atoms with Gasteiger partial charge in [0.2, 0.25) is 0 Å². The number of imidazole rings is 1. The first-order valence-electron chi connectivity index (χ1n) is 4.67. The second kappa shape index (κ2) is 3.27. The van der Waals surface area contributed by atoms with Gasteiger partial charge in [-0.2, -0.15) is 5.10 Å². The first-order valence-corrected chi connectivity index (χ1v) is 4.67. The molecule has 78 valence electrons. The van der Waals surface area contributed by atoms with E-state index in [0.717, 1.165) is 0 Å². The Hall–Kier alpha value is -2.50. The van der Waals surface area contributed by atoms with Crippen molar-refractivity contribution in [2.45, 2.75) is 0 Å². The fourth-order valence-corrected chi connectivity index (χ4v) is 1.50. The van der Waals surface area contributed by atoms with E-state index in [9.17, 15) is 4.79 Å². The van der Waals surface area contributed by atoms with Crippen molar-refractivity contribution in [3.8, 4) is 0 Å². The number of rotatable bonds is 1. The monoisotopic (exact) mass is 213 g/mol. The van der Waals surface area contributed by atoms with Crippen LogP contribution in [0.15, 0.2) is 43.4 Å². The molecule has 0 bridgehead atoms. The van der Waals surface area contributed by atoms with Crippen molar-refractivity contribution in [1.29, 1.82) is 0 Å². The van der Waals surface area contributed by atoms with Gasteiger partial charge >= 0.3 is 0 Å². The summed E-state index contributed by atoms with van der Waals surface area (Å²) in [5, 5.41) is 4.05. The minimum absolute atomic E-state index is 0.189. The molecule has 0 N–H and O–H groups in total. The molecule has 3 aromatic rings. The average Bonchev–Trinajstić information content (AvgIpc) is 2.98. The van der Waals surface area contributed by atoms with Crippen molar-refractivity contribution in [2.75, 3.05) is 0 Å². The van der Waals surface area contributed by atoms with Crippen molar-refractivity contribution in [3.05, 3.63) is 48.9 Å². The van der Waals surface area contributed by atoms with Crippen LogP contribution in [0.1, 0.15) is 10.4 Å². The van der Waals surface area contributed by atoms with E-state index in [1.54, 1.807) is 35.4 Å². The molecule has 0 radical (unpaired) electrons. The predicted octanol–water partition coefficient (Wildman–Crippen LogP) is 0.614. The maximum Gasteiger partial charge on any atom is 0.268 e. The molecule has 0 unspecified atom stereocenters. The highest BCUT2D eigenvalue weighted by atomic mass is 16.2. The van der Waals surface area contributed by atoms with Crippen molar-refractivity contribution in [1.82, 2.24) is 24.1 Å². The van der Waals surface area contributed by atoms with Gasteiger partial charge in [-0.25, -0.2) is 14.5 Å². The van der Waals surface area contributed by atoms with Gasteiger partial charge < -0.3 is 0 Å². The summed E-state index contributed by atoms with van der Waals surface area (Å²) in [4.78, 5) is 20.0. The molecule has 0 fully saturated rings. The number of fused-ring (bicyclic) bond motifs is 1. The number of carbonyl (C=O) groups is 1. The third-order valence-electron chi connectivity index (χ3n) is 2.25. The van der Waals surface area contributed by atoms with Gasteiger partial charge in [-0.1, -0.05) is 0 Å². The molecule has 6 nitrogen and oxygen atoms in total. The van der Waals surface area contributed by atoms with Gasteiger partial charge in [0.25, 0.3) is 5.91 Å². The Morgan fingerprint density at radius 1 is 1.25 bits per heavy atom. The molecular weight excluding hydrogens is 206 g/mol. The standard InChI is InChI=1S/C10H7N5O/c16-10(14-5-3-11-7-14)8-6-13-15-4-1-2-12-9(8)15/h1-7H. The smallest absolute Gasteiger partial charge is 0.268 e. The summed E-state index contributed by atoms with van der Waals surface area (Å²) in [5.74, 6) is -0.189. The lowest BCUT2D eigenvalue weighted by Crippen LogP contribution is -2.09. The van der Waals surface area contributed by atoms with Crippen LogP contribution < -0.4 is 0 Å². The highest BCUT2D eigenvalue weighted by Crippen LogP contribution is 2.08. The maximum absolute atomic E-state index is 12.0. The summed E-state index contributed by atoms with van der Waals surface area (Å²) in [5.41, 5.74) is 1.000. The summed E-state index contributed by atoms with van der Waals surface area (Å²) < 4.78 is 2.95. The summed E-state index contributed by atoms with van der Waals surface area (Å²) in [6, 6.07) is 1.76. The molecule has 0 amide bonds. The van der Waals surface area contributed by atoms with Gasteiger partial charge in [-0.15, -0.1) is 0 Å². The van der Waals surface area contributed by atoms with E-state index < -0.39 is 0 Å². The van der Waals surface area contributed by atoms with E-state index in [1.165, 1.54) is 17.1 Å². The molecule has 0 atom stereocenters. The van der Waals surface area contributed by atoms with Gasteiger partial charge in [-0.05, 0) is 6.07 Å². The minimum Gasteiger partial charge on any atom is -0.272 e. The molecule has 6 heteroatoms. The van der Waals surface area contributed by atoms with Crippen LogP contribution in [0.25, 0.3) is 5.65 Å². The van der Waals surface area contributed by atoms with E-state index in [0.29, 0.717) is 11.2 Å². The molecule has 0 spiro atoms. The number of hydrogen-bond acceptors (Lipinski definition) is 4. The third kappa shape index (κ3) is 1.20. The predicted molar refractivity (Wildman–Crippen MR) is 54.9 cm³/mol. The number of carbonyl (C=O) groups excluding carboxylic acids is 1. The lowest BCUT2D eigenvalue weighted by molar-refractivity contribution is 0.0961. The summed E-state index contributed by atoms with van der Waals surface area (Å²) >= 11 is 0. The SMILES string of the molecule is O=C(c1cnn2cccnc12)n1ccnc1. The molecule has 0 aliphatic carbocycles. The Kier molecular flexibility index (Phi) is 1.79. The van der Waals surface area contributed by atoms with Gasteiger partial charge in [-0.3, -0.25) is 9.36 Å². The van der Waals surface area contributed by atoms with Crippen LogP contribution in [0.2, 0.25) is 0 Å². The molecule has 0 aliphatic rings. The average molecular weight is 213 g/mol. The minimum atomic E-state index is -0.189. The van der Waals surface area contributed by atoms with E-state index in [2.05, 4.69) is 15.1 Å². The van der Waals surface area contributed by atoms with Gasteiger partial charge in [0.15, 0.2) is 5.65 Å². The first-order chi connectivity index (χ1) is 7.86. The Morgan fingerprint density at radius 3 is 3.00 bits per heavy atom. The van der Waals surface area contributed by atoms with Crippen LogP contribution >= 0.6 is 0 Å². The van der Waals surface area contributed by atoms with Gasteiger partial charge in [0.1, 0.15) is 11.9 Å². The number of hydrogen-bond donors (Lipinski definition) is 0. The van der Waals surface area contributed by atoms with E-state index in [4.69, 9.17) is 0 Å². The van der Waals surface area contributed by atoms with Crippen LogP contribution in [-0.4, -0.2) is 30.1 Å². The Bertz CT molecular complexity index is 640. The second-order valence-corrected chi connectivity index (χ2v) is 3.22. The molecular formula is C10H7N5O. The lowest BCUT2D eigenvalue weighted by atomic mass is 10.3. The Labute approximate surface area is 90.2 Å². The zero-order valence-corrected chi connectivity index (χ0v) is 8.19. The number of nitrogens with zero attached hydrogens (tertiary/aromatic N) is 5. The van der Waals surface area contributed by atoms with Gasteiger partial charge in [0.05, 0.1) is 6.20 Å². The fourth-order valence-electron chi connectivity index (χ4n) is 1.50. The van der Waals surface area contributed by atoms with E-state index >= 15 is 0 Å². The van der Waals surface area contributed by atoms with Crippen LogP contribution in [0.3, 0.4) is 0 Å². The number of aromatic nitrogens is 5. The molecule has 0 aliphatic heterocycles. The van der Waals surface area contributed by atoms with Crippen LogP contribution in [0.5, 0.6) is 0 Å². The molecule has 0 aromatic carbocycles. The zero-order chi connectivity index (χ0) is 11.0. The van der Waals surface area contributed by atoms with Crippen molar-refractivity contribution in [2.24, 2.45) is 0 Å². The summed E-state index contributed by atoms with van der Waals surface area (Å²) in [6.45, 7) is 0. The van der Waals surface area contributed by atoms with Crippen molar-refractivity contribution < 1.29 is 4.79 Å². The van der Waals surface area contributed by atoms with Crippen LogP contribution in [0.4, 0.5) is 0 Å². The van der Waals surface area contributed by atoms with E-state index in [-0.39, 0.29) is 5.91 Å². The largest absolute Gasteiger partial charge is 0.272 e. The van der Waals surface area contributed by atoms with Crippen molar-refractivity contribution >= 4 is 11.6 Å². The molecule has 0 saturated carbocycles. The topological polar surface area (TPSA) is 65.1 Å². The summed E-state index contributed by atoms with van der Waals surface area (Å²) in [6.07, 6.45) is 9.47. The third-order valence-corrected chi connectivity index (χ3v) is 2.25. The molecule has 16 heavy (non-hydrogen) atoms. The second-order valence-electron chi connectivity index (χ2n) is 3.22. The molecule has 3 rings (SSSR count). The van der Waals surface area contributed by atoms with Gasteiger partial charge in [0, 0.05) is 24.8 Å². The summed E-state index contributed by atoms with van der Waals surface area (Å²) in [7, 11) is 0. The fraction of sp³-hybridized carbons (Fsp3) is 0. The van der Waals surface area contributed by atoms with Crippen LogP contribution in [-0.2, 0) is 0 Å². The first kappa shape index (κ1) is 8.78. The lowest BCUT2D eigenvalue weighted by Gasteiger charge is -1.97. The Morgan fingerprint density at radius 2 is 2.19 bits per heavy atom. The van der Waals surface area contributed by atoms with Crippen LogP contribution in [0, 0.1) is 0 Å². The Balaban J connectivity index is 2.16. The molecule has 3 aromatic heterocycles. The maximum atomic E-state index is 12.0. The van der Waals surface area contributed by atoms with E-state index in [1.807, 2.05) is 0 Å².